The Morgan fingerprint density at radius 3 is 2.67 bits per heavy atom. The number of hydrogen-bond donors (Lipinski definition) is 0. The predicted molar refractivity (Wildman–Crippen MR) is 74.4 cm³/mol. The van der Waals surface area contributed by atoms with Crippen LogP contribution in [0.4, 0.5) is 0 Å². The molecule has 0 radical (unpaired) electrons. The summed E-state index contributed by atoms with van der Waals surface area (Å²) in [6.45, 7) is 13.7. The lowest BCUT2D eigenvalue weighted by molar-refractivity contribution is -0.160. The molecule has 0 aromatic heterocycles. The summed E-state index contributed by atoms with van der Waals surface area (Å²) >= 11 is 0. The Kier molecular flexibility index (Phi) is 5.39. The summed E-state index contributed by atoms with van der Waals surface area (Å²) < 4.78 is 5.51. The number of nitrogens with zero attached hydrogens (tertiary/aromatic N) is 1. The monoisotopic (exact) mass is 253 g/mol. The Morgan fingerprint density at radius 2 is 2.17 bits per heavy atom. The minimum Gasteiger partial charge on any atom is -0.459 e. The maximum absolute atomic E-state index is 12.2. The van der Waals surface area contributed by atoms with E-state index in [1.165, 1.54) is 0 Å². The second kappa shape index (κ2) is 6.37. The summed E-state index contributed by atoms with van der Waals surface area (Å²) in [4.78, 5) is 14.5. The molecule has 104 valence electrons. The van der Waals surface area contributed by atoms with Gasteiger partial charge in [0.25, 0.3) is 0 Å². The topological polar surface area (TPSA) is 29.5 Å². The van der Waals surface area contributed by atoms with Crippen LogP contribution in [0.25, 0.3) is 0 Å². The molecule has 3 nitrogen and oxygen atoms in total. The van der Waals surface area contributed by atoms with E-state index in [2.05, 4.69) is 18.4 Å². The van der Waals surface area contributed by atoms with Gasteiger partial charge in [-0.15, -0.1) is 6.58 Å². The van der Waals surface area contributed by atoms with Crippen molar-refractivity contribution in [3.8, 4) is 0 Å². The van der Waals surface area contributed by atoms with Gasteiger partial charge in [0, 0.05) is 6.54 Å². The van der Waals surface area contributed by atoms with Crippen LogP contribution in [0.15, 0.2) is 12.7 Å². The Hall–Kier alpha value is -0.830. The maximum atomic E-state index is 12.2. The highest BCUT2D eigenvalue weighted by molar-refractivity contribution is 5.76. The fourth-order valence-electron chi connectivity index (χ4n) is 2.33. The molecule has 0 aromatic carbocycles. The highest BCUT2D eigenvalue weighted by Crippen LogP contribution is 2.26. The zero-order chi connectivity index (χ0) is 13.8. The third-order valence-electron chi connectivity index (χ3n) is 3.25. The quantitative estimate of drug-likeness (QED) is 0.557. The fraction of sp³-hybridized carbons (Fsp3) is 0.800. The lowest BCUT2D eigenvalue weighted by atomic mass is 10.1. The van der Waals surface area contributed by atoms with Crippen LogP contribution in [-0.2, 0) is 9.53 Å². The van der Waals surface area contributed by atoms with Crippen LogP contribution >= 0.6 is 0 Å². The van der Waals surface area contributed by atoms with E-state index in [4.69, 9.17) is 4.74 Å². The number of rotatable bonds is 5. The summed E-state index contributed by atoms with van der Waals surface area (Å²) in [5.74, 6) is 0.335. The highest BCUT2D eigenvalue weighted by Gasteiger charge is 2.37. The molecule has 0 saturated carbocycles. The van der Waals surface area contributed by atoms with Gasteiger partial charge in [0.05, 0.1) is 0 Å². The summed E-state index contributed by atoms with van der Waals surface area (Å²) in [5, 5.41) is 0. The van der Waals surface area contributed by atoms with Gasteiger partial charge in [0.15, 0.2) is 0 Å². The van der Waals surface area contributed by atoms with Crippen molar-refractivity contribution in [2.75, 3.05) is 13.1 Å². The van der Waals surface area contributed by atoms with Crippen LogP contribution in [0.3, 0.4) is 0 Å². The van der Waals surface area contributed by atoms with Gasteiger partial charge in [-0.1, -0.05) is 19.4 Å². The largest absolute Gasteiger partial charge is 0.459 e. The molecule has 2 atom stereocenters. The van der Waals surface area contributed by atoms with Crippen LogP contribution < -0.4 is 0 Å². The molecule has 0 aliphatic carbocycles. The van der Waals surface area contributed by atoms with Gasteiger partial charge in [-0.05, 0) is 46.1 Å². The van der Waals surface area contributed by atoms with Gasteiger partial charge in [-0.25, -0.2) is 0 Å². The zero-order valence-electron chi connectivity index (χ0n) is 12.2. The fourth-order valence-corrected chi connectivity index (χ4v) is 2.33. The second-order valence-electron chi connectivity index (χ2n) is 6.13. The van der Waals surface area contributed by atoms with Crippen molar-refractivity contribution in [3.05, 3.63) is 12.7 Å². The molecule has 1 fully saturated rings. The van der Waals surface area contributed by atoms with E-state index >= 15 is 0 Å². The average molecular weight is 253 g/mol. The molecule has 0 spiro atoms. The van der Waals surface area contributed by atoms with Crippen LogP contribution in [0.2, 0.25) is 0 Å². The molecule has 1 saturated heterocycles. The normalized spacial score (nSPS) is 25.1. The Balaban J connectivity index is 2.64. The minimum atomic E-state index is -0.403. The van der Waals surface area contributed by atoms with Gasteiger partial charge in [0.2, 0.25) is 0 Å². The molecule has 1 heterocycles. The third kappa shape index (κ3) is 4.45. The first-order valence-corrected chi connectivity index (χ1v) is 6.97. The molecular formula is C15H27NO2. The molecule has 1 aliphatic rings. The zero-order valence-corrected chi connectivity index (χ0v) is 12.2. The van der Waals surface area contributed by atoms with Crippen LogP contribution in [-0.4, -0.2) is 35.6 Å². The van der Waals surface area contributed by atoms with Crippen molar-refractivity contribution >= 4 is 5.97 Å². The standard InChI is InChI=1S/C15H27NO2/c1-6-8-9-16-11-12(7-2)10-13(16)14(17)18-15(3,4)5/h7,12-13H,2,6,8-11H2,1,3-5H3. The van der Waals surface area contributed by atoms with Gasteiger partial charge in [0.1, 0.15) is 11.6 Å². The lowest BCUT2D eigenvalue weighted by Crippen LogP contribution is -2.40. The summed E-state index contributed by atoms with van der Waals surface area (Å²) in [6, 6.07) is -0.0845. The second-order valence-corrected chi connectivity index (χ2v) is 6.13. The van der Waals surface area contributed by atoms with Crippen LogP contribution in [0.5, 0.6) is 0 Å². The predicted octanol–water partition coefficient (Wildman–Crippen LogP) is 3.00. The lowest BCUT2D eigenvalue weighted by Gasteiger charge is -2.27. The van der Waals surface area contributed by atoms with Crippen LogP contribution in [0.1, 0.15) is 47.0 Å². The number of carbonyl (C=O) groups is 1. The molecule has 3 heteroatoms. The van der Waals surface area contributed by atoms with Gasteiger partial charge >= 0.3 is 5.97 Å². The van der Waals surface area contributed by atoms with Crippen molar-refractivity contribution < 1.29 is 9.53 Å². The average Bonchev–Trinajstić information content (AvgIpc) is 2.67. The number of hydrogen-bond acceptors (Lipinski definition) is 3. The van der Waals surface area contributed by atoms with E-state index in [0.29, 0.717) is 5.92 Å². The Bertz CT molecular complexity index is 293. The van der Waals surface area contributed by atoms with Crippen molar-refractivity contribution in [1.29, 1.82) is 0 Å². The van der Waals surface area contributed by atoms with Crippen molar-refractivity contribution in [3.63, 3.8) is 0 Å². The van der Waals surface area contributed by atoms with E-state index in [1.807, 2.05) is 26.8 Å². The molecule has 0 aromatic rings. The van der Waals surface area contributed by atoms with E-state index in [9.17, 15) is 4.79 Å². The Labute approximate surface area is 111 Å². The molecular weight excluding hydrogens is 226 g/mol. The maximum Gasteiger partial charge on any atom is 0.323 e. The SMILES string of the molecule is C=CC1CC(C(=O)OC(C)(C)C)N(CCCC)C1. The molecule has 1 aliphatic heterocycles. The number of esters is 1. The molecule has 0 N–H and O–H groups in total. The van der Waals surface area contributed by atoms with E-state index in [-0.39, 0.29) is 12.0 Å². The first-order valence-electron chi connectivity index (χ1n) is 6.97. The third-order valence-corrected chi connectivity index (χ3v) is 3.25. The number of carbonyl (C=O) groups excluding carboxylic acids is 1. The number of ether oxygens (including phenoxy) is 1. The molecule has 1 rings (SSSR count). The van der Waals surface area contributed by atoms with Crippen molar-refractivity contribution in [2.24, 2.45) is 5.92 Å². The van der Waals surface area contributed by atoms with Gasteiger partial charge in [-0.3, -0.25) is 9.69 Å². The highest BCUT2D eigenvalue weighted by atomic mass is 16.6. The molecule has 2 unspecified atom stereocenters. The van der Waals surface area contributed by atoms with E-state index in [1.54, 1.807) is 0 Å². The Morgan fingerprint density at radius 1 is 1.50 bits per heavy atom. The first kappa shape index (κ1) is 15.2. The van der Waals surface area contributed by atoms with E-state index < -0.39 is 5.60 Å². The molecule has 0 bridgehead atoms. The number of unbranched alkanes of at least 4 members (excludes halogenated alkanes) is 1. The van der Waals surface area contributed by atoms with Crippen molar-refractivity contribution in [1.82, 2.24) is 4.90 Å². The first-order chi connectivity index (χ1) is 8.37. The molecule has 0 amide bonds. The van der Waals surface area contributed by atoms with Gasteiger partial charge in [-0.2, -0.15) is 0 Å². The number of likely N-dealkylation sites (tertiary alicyclic amines) is 1. The van der Waals surface area contributed by atoms with Crippen molar-refractivity contribution in [2.45, 2.75) is 58.6 Å². The minimum absolute atomic E-state index is 0.0806. The van der Waals surface area contributed by atoms with Gasteiger partial charge < -0.3 is 4.74 Å². The smallest absolute Gasteiger partial charge is 0.323 e. The molecule has 18 heavy (non-hydrogen) atoms. The summed E-state index contributed by atoms with van der Waals surface area (Å²) in [5.41, 5.74) is -0.403. The summed E-state index contributed by atoms with van der Waals surface area (Å²) in [6.07, 6.45) is 5.09. The van der Waals surface area contributed by atoms with Crippen LogP contribution in [0, 0.1) is 5.92 Å². The van der Waals surface area contributed by atoms with E-state index in [0.717, 1.165) is 32.4 Å². The summed E-state index contributed by atoms with van der Waals surface area (Å²) in [7, 11) is 0.